The van der Waals surface area contributed by atoms with Crippen molar-refractivity contribution in [2.45, 2.75) is 19.9 Å². The van der Waals surface area contributed by atoms with Gasteiger partial charge < -0.3 is 11.1 Å². The zero-order valence-electron chi connectivity index (χ0n) is 20.3. The number of carbonyl (C=O) groups excluding carboxylic acids is 1. The van der Waals surface area contributed by atoms with Crippen LogP contribution in [0.25, 0.3) is 33.4 Å². The maximum Gasteiger partial charge on any atom is 0.280 e. The first-order valence-corrected chi connectivity index (χ1v) is 11.5. The third-order valence-electron chi connectivity index (χ3n) is 5.90. The van der Waals surface area contributed by atoms with Crippen LogP contribution in [0.1, 0.15) is 30.4 Å². The number of nitrogens with one attached hydrogen (secondary N) is 1. The second-order valence-corrected chi connectivity index (χ2v) is 8.76. The van der Waals surface area contributed by atoms with Crippen molar-refractivity contribution >= 4 is 28.4 Å². The monoisotopic (exact) mass is 498 g/mol. The van der Waals surface area contributed by atoms with Gasteiger partial charge in [0.15, 0.2) is 11.3 Å². The molecule has 0 unspecified atom stereocenters. The molecule has 0 radical (unpaired) electrons. The number of amides is 1. The van der Waals surface area contributed by atoms with Crippen LogP contribution in [0.2, 0.25) is 0 Å². The van der Waals surface area contributed by atoms with Gasteiger partial charge >= 0.3 is 0 Å². The Balaban J connectivity index is 1.47. The van der Waals surface area contributed by atoms with Crippen molar-refractivity contribution in [2.24, 2.45) is 7.05 Å². The fourth-order valence-corrected chi connectivity index (χ4v) is 3.97. The lowest BCUT2D eigenvalue weighted by atomic mass is 10.1. The van der Waals surface area contributed by atoms with Crippen LogP contribution in [0.5, 0.6) is 0 Å². The van der Waals surface area contributed by atoms with E-state index in [9.17, 15) is 14.0 Å². The van der Waals surface area contributed by atoms with Crippen LogP contribution in [0.15, 0.2) is 65.8 Å². The average Bonchev–Trinajstić information content (AvgIpc) is 3.22. The Morgan fingerprint density at radius 2 is 1.68 bits per heavy atom. The van der Waals surface area contributed by atoms with Crippen LogP contribution < -0.4 is 16.5 Å². The molecule has 10 nitrogen and oxygen atoms in total. The fraction of sp³-hybridized carbons (Fsp3) is 0.154. The van der Waals surface area contributed by atoms with E-state index in [0.717, 1.165) is 5.56 Å². The van der Waals surface area contributed by atoms with Crippen molar-refractivity contribution in [3.8, 4) is 22.4 Å². The molecule has 0 saturated carbocycles. The number of fused-ring (bicyclic) bond motifs is 1. The van der Waals surface area contributed by atoms with Crippen LogP contribution in [-0.2, 0) is 7.05 Å². The molecule has 0 aliphatic carbocycles. The second kappa shape index (κ2) is 9.26. The molecule has 1 amide bonds. The SMILES string of the molecule is CC(C)n1cc(-c2ccc(F)cc2)c(=O)c(C(=O)Nc2ccc(-c3nn(C)c4ncnc(N)c34)cc2)n1. The van der Waals surface area contributed by atoms with Gasteiger partial charge in [-0.15, -0.1) is 0 Å². The topological polar surface area (TPSA) is 134 Å². The summed E-state index contributed by atoms with van der Waals surface area (Å²) in [4.78, 5) is 34.6. The molecule has 0 spiro atoms. The average molecular weight is 499 g/mol. The van der Waals surface area contributed by atoms with E-state index in [1.165, 1.54) is 35.3 Å². The number of hydrogen-bond acceptors (Lipinski definition) is 7. The molecule has 0 fully saturated rings. The summed E-state index contributed by atoms with van der Waals surface area (Å²) < 4.78 is 16.6. The predicted molar refractivity (Wildman–Crippen MR) is 138 cm³/mol. The van der Waals surface area contributed by atoms with Gasteiger partial charge in [-0.2, -0.15) is 10.2 Å². The zero-order chi connectivity index (χ0) is 26.3. The highest BCUT2D eigenvalue weighted by atomic mass is 19.1. The summed E-state index contributed by atoms with van der Waals surface area (Å²) in [5.41, 5.74) is 8.43. The Labute approximate surface area is 210 Å². The molecule has 3 N–H and O–H groups in total. The van der Waals surface area contributed by atoms with Crippen LogP contribution in [-0.4, -0.2) is 35.4 Å². The van der Waals surface area contributed by atoms with Crippen LogP contribution in [0.4, 0.5) is 15.9 Å². The predicted octanol–water partition coefficient (Wildman–Crippen LogP) is 3.81. The van der Waals surface area contributed by atoms with Gasteiger partial charge in [0.2, 0.25) is 5.43 Å². The highest BCUT2D eigenvalue weighted by Gasteiger charge is 2.20. The zero-order valence-corrected chi connectivity index (χ0v) is 20.3. The highest BCUT2D eigenvalue weighted by molar-refractivity contribution is 6.03. The third-order valence-corrected chi connectivity index (χ3v) is 5.90. The lowest BCUT2D eigenvalue weighted by Gasteiger charge is -2.14. The summed E-state index contributed by atoms with van der Waals surface area (Å²) >= 11 is 0. The van der Waals surface area contributed by atoms with E-state index >= 15 is 0 Å². The standard InChI is InChI=1S/C26H23FN8O2/c1-14(2)35-12-19(15-4-8-17(27)9-5-15)23(36)22(33-35)26(37)31-18-10-6-16(7-11-18)21-20-24(28)29-13-30-25(20)34(3)32-21/h4-14H,1-3H3,(H,31,37)(H2,28,29,30). The summed E-state index contributed by atoms with van der Waals surface area (Å²) in [6.45, 7) is 3.76. The molecule has 0 aliphatic heterocycles. The van der Waals surface area contributed by atoms with Gasteiger partial charge in [0.1, 0.15) is 23.7 Å². The molecular weight excluding hydrogens is 475 g/mol. The number of aryl methyl sites for hydroxylation is 1. The molecule has 3 aromatic heterocycles. The van der Waals surface area contributed by atoms with Crippen molar-refractivity contribution in [2.75, 3.05) is 11.1 Å². The third kappa shape index (κ3) is 4.42. The highest BCUT2D eigenvalue weighted by Crippen LogP contribution is 2.30. The Morgan fingerprint density at radius 3 is 2.35 bits per heavy atom. The molecule has 0 atom stereocenters. The van der Waals surface area contributed by atoms with Gasteiger partial charge in [-0.25, -0.2) is 19.0 Å². The quantitative estimate of drug-likeness (QED) is 0.376. The Hall–Kier alpha value is -4.93. The molecule has 186 valence electrons. The Bertz CT molecular complexity index is 1690. The molecule has 37 heavy (non-hydrogen) atoms. The van der Waals surface area contributed by atoms with Gasteiger partial charge in [0.05, 0.1) is 5.39 Å². The first-order chi connectivity index (χ1) is 17.7. The number of carbonyl (C=O) groups is 1. The van der Waals surface area contributed by atoms with E-state index in [-0.39, 0.29) is 17.3 Å². The number of benzene rings is 2. The number of hydrogen-bond donors (Lipinski definition) is 2. The number of halogens is 1. The van der Waals surface area contributed by atoms with E-state index in [0.29, 0.717) is 33.8 Å². The summed E-state index contributed by atoms with van der Waals surface area (Å²) in [5.74, 6) is -0.756. The summed E-state index contributed by atoms with van der Waals surface area (Å²) in [6, 6.07) is 12.3. The van der Waals surface area contributed by atoms with E-state index in [1.54, 1.807) is 42.2 Å². The first-order valence-electron chi connectivity index (χ1n) is 11.5. The van der Waals surface area contributed by atoms with Gasteiger partial charge in [-0.1, -0.05) is 24.3 Å². The van der Waals surface area contributed by atoms with Gasteiger partial charge in [0, 0.05) is 36.1 Å². The van der Waals surface area contributed by atoms with Crippen LogP contribution in [0, 0.1) is 5.82 Å². The minimum Gasteiger partial charge on any atom is -0.383 e. The Kier molecular flexibility index (Phi) is 5.96. The van der Waals surface area contributed by atoms with E-state index in [2.05, 4.69) is 25.5 Å². The van der Waals surface area contributed by atoms with Crippen molar-refractivity contribution in [1.29, 1.82) is 0 Å². The van der Waals surface area contributed by atoms with Crippen molar-refractivity contribution in [3.63, 3.8) is 0 Å². The van der Waals surface area contributed by atoms with Crippen LogP contribution in [0.3, 0.4) is 0 Å². The van der Waals surface area contributed by atoms with Crippen LogP contribution >= 0.6 is 0 Å². The molecule has 2 aromatic carbocycles. The smallest absolute Gasteiger partial charge is 0.280 e. The minimum absolute atomic E-state index is 0.116. The summed E-state index contributed by atoms with van der Waals surface area (Å²) in [6.07, 6.45) is 2.95. The van der Waals surface area contributed by atoms with Crippen molar-refractivity contribution in [1.82, 2.24) is 29.5 Å². The maximum atomic E-state index is 13.4. The second-order valence-electron chi connectivity index (χ2n) is 8.76. The number of rotatable bonds is 5. The number of nitrogens with zero attached hydrogens (tertiary/aromatic N) is 6. The molecule has 0 bridgehead atoms. The lowest BCUT2D eigenvalue weighted by Crippen LogP contribution is -2.28. The molecular formula is C26H23FN8O2. The molecule has 5 aromatic rings. The summed E-state index contributed by atoms with van der Waals surface area (Å²) in [5, 5.41) is 12.1. The Morgan fingerprint density at radius 1 is 1.00 bits per heavy atom. The largest absolute Gasteiger partial charge is 0.383 e. The maximum absolute atomic E-state index is 13.4. The first kappa shape index (κ1) is 23.8. The number of anilines is 2. The number of aromatic nitrogens is 6. The van der Waals surface area contributed by atoms with E-state index < -0.39 is 17.2 Å². The molecule has 3 heterocycles. The van der Waals surface area contributed by atoms with Gasteiger partial charge in [0.25, 0.3) is 5.91 Å². The number of nitrogens with two attached hydrogens (primary N) is 1. The molecule has 0 aliphatic rings. The normalized spacial score (nSPS) is 11.3. The molecule has 0 saturated heterocycles. The molecule has 5 rings (SSSR count). The molecule has 11 heteroatoms. The lowest BCUT2D eigenvalue weighted by molar-refractivity contribution is 0.101. The van der Waals surface area contributed by atoms with Gasteiger partial charge in [-0.3, -0.25) is 14.3 Å². The minimum atomic E-state index is -0.656. The van der Waals surface area contributed by atoms with Crippen molar-refractivity contribution in [3.05, 3.63) is 82.8 Å². The van der Waals surface area contributed by atoms with E-state index in [1.807, 2.05) is 13.8 Å². The summed E-state index contributed by atoms with van der Waals surface area (Å²) in [7, 11) is 1.77. The number of nitrogen functional groups attached to an aromatic ring is 1. The van der Waals surface area contributed by atoms with Gasteiger partial charge in [-0.05, 0) is 43.7 Å². The van der Waals surface area contributed by atoms with E-state index in [4.69, 9.17) is 5.73 Å². The van der Waals surface area contributed by atoms with Crippen molar-refractivity contribution < 1.29 is 9.18 Å². The fourth-order valence-electron chi connectivity index (χ4n) is 3.97.